The van der Waals surface area contributed by atoms with Crippen LogP contribution in [0, 0.1) is 10.1 Å². The minimum absolute atomic E-state index is 0.0115. The van der Waals surface area contributed by atoms with Crippen LogP contribution in [0.5, 0.6) is 5.75 Å². The predicted octanol–water partition coefficient (Wildman–Crippen LogP) is 2.05. The maximum absolute atomic E-state index is 13.0. The lowest BCUT2D eigenvalue weighted by atomic mass is 10.0. The second kappa shape index (κ2) is 13.2. The number of carboxylic acids is 1. The van der Waals surface area contributed by atoms with Crippen molar-refractivity contribution in [2.45, 2.75) is 64.3 Å². The van der Waals surface area contributed by atoms with E-state index < -0.39 is 52.5 Å². The van der Waals surface area contributed by atoms with Crippen LogP contribution in [0.3, 0.4) is 0 Å². The molecule has 5 N–H and O–H groups in total. The fourth-order valence-corrected chi connectivity index (χ4v) is 3.39. The van der Waals surface area contributed by atoms with Crippen molar-refractivity contribution in [1.82, 2.24) is 16.0 Å². The predicted molar refractivity (Wildman–Crippen MR) is 139 cm³/mol. The number of hydrogen-bond acceptors (Lipinski definition) is 8. The Balaban J connectivity index is 2.09. The zero-order valence-corrected chi connectivity index (χ0v) is 22.0. The second-order valence-corrected chi connectivity index (χ2v) is 9.83. The Hall–Kier alpha value is -4.68. The summed E-state index contributed by atoms with van der Waals surface area (Å²) in [5.74, 6) is -2.83. The number of carbonyl (C=O) groups is 4. The molecule has 0 aromatic heterocycles. The Bertz CT molecular complexity index is 1190. The molecule has 3 atom stereocenters. The van der Waals surface area contributed by atoms with Gasteiger partial charge in [0.25, 0.3) is 5.69 Å². The first-order chi connectivity index (χ1) is 18.1. The van der Waals surface area contributed by atoms with Crippen molar-refractivity contribution in [3.8, 4) is 5.75 Å². The van der Waals surface area contributed by atoms with Gasteiger partial charge in [-0.2, -0.15) is 0 Å². The number of benzene rings is 2. The molecule has 0 saturated heterocycles. The van der Waals surface area contributed by atoms with Gasteiger partial charge >= 0.3 is 12.1 Å². The fraction of sp³-hybridized carbons (Fsp3) is 0.385. The second-order valence-electron chi connectivity index (χ2n) is 9.83. The fourth-order valence-electron chi connectivity index (χ4n) is 3.39. The number of alkyl carbamates (subject to hydrolysis) is 1. The van der Waals surface area contributed by atoms with Crippen LogP contribution in [-0.4, -0.2) is 62.7 Å². The number of nitro groups is 1. The van der Waals surface area contributed by atoms with Crippen LogP contribution in [-0.2, 0) is 32.0 Å². The molecule has 3 amide bonds. The molecule has 0 aliphatic carbocycles. The highest BCUT2D eigenvalue weighted by molar-refractivity contribution is 5.92. The molecule has 0 fully saturated rings. The molecule has 13 nitrogen and oxygen atoms in total. The van der Waals surface area contributed by atoms with Gasteiger partial charge < -0.3 is 30.9 Å². The summed E-state index contributed by atoms with van der Waals surface area (Å²) in [6.07, 6.45) is -0.992. The molecule has 2 rings (SSSR count). The van der Waals surface area contributed by atoms with Crippen molar-refractivity contribution in [2.24, 2.45) is 0 Å². The first-order valence-corrected chi connectivity index (χ1v) is 12.0. The monoisotopic (exact) mass is 544 g/mol. The molecule has 0 aliphatic rings. The zero-order valence-electron chi connectivity index (χ0n) is 22.0. The van der Waals surface area contributed by atoms with Crippen LogP contribution in [0.15, 0.2) is 48.5 Å². The van der Waals surface area contributed by atoms with E-state index in [1.807, 2.05) is 0 Å². The maximum atomic E-state index is 13.0. The van der Waals surface area contributed by atoms with E-state index in [1.165, 1.54) is 43.3 Å². The summed E-state index contributed by atoms with van der Waals surface area (Å²) in [5.41, 5.74) is 0.0651. The number of aliphatic carboxylic acids is 1. The van der Waals surface area contributed by atoms with Crippen molar-refractivity contribution >= 4 is 29.6 Å². The summed E-state index contributed by atoms with van der Waals surface area (Å²) in [6, 6.07) is 7.50. The molecule has 210 valence electrons. The topological polar surface area (TPSA) is 197 Å². The molecular weight excluding hydrogens is 512 g/mol. The van der Waals surface area contributed by atoms with Crippen molar-refractivity contribution in [1.29, 1.82) is 0 Å². The molecule has 2 aromatic carbocycles. The van der Waals surface area contributed by atoms with Gasteiger partial charge in [-0.25, -0.2) is 9.59 Å². The molecule has 0 unspecified atom stereocenters. The van der Waals surface area contributed by atoms with Crippen LogP contribution >= 0.6 is 0 Å². The van der Waals surface area contributed by atoms with Crippen LogP contribution in [0.2, 0.25) is 0 Å². The van der Waals surface area contributed by atoms with Gasteiger partial charge in [0.15, 0.2) is 0 Å². The van der Waals surface area contributed by atoms with Crippen LogP contribution < -0.4 is 16.0 Å². The Morgan fingerprint density at radius 3 is 1.87 bits per heavy atom. The van der Waals surface area contributed by atoms with E-state index in [1.54, 1.807) is 32.9 Å². The van der Waals surface area contributed by atoms with Crippen molar-refractivity contribution in [3.63, 3.8) is 0 Å². The number of phenols is 1. The number of carboxylic acid groups (broad SMARTS) is 1. The third kappa shape index (κ3) is 10.3. The number of amides is 3. The van der Waals surface area contributed by atoms with E-state index in [0.29, 0.717) is 11.1 Å². The Labute approximate surface area is 224 Å². The normalized spacial score (nSPS) is 13.3. The van der Waals surface area contributed by atoms with Crippen molar-refractivity contribution in [2.75, 3.05) is 0 Å². The van der Waals surface area contributed by atoms with Gasteiger partial charge in [0, 0.05) is 25.0 Å². The number of nitro benzene ring substituents is 1. The van der Waals surface area contributed by atoms with Crippen LogP contribution in [0.1, 0.15) is 38.8 Å². The Morgan fingerprint density at radius 2 is 1.38 bits per heavy atom. The lowest BCUT2D eigenvalue weighted by molar-refractivity contribution is -0.384. The van der Waals surface area contributed by atoms with Crippen molar-refractivity contribution < 1.29 is 39.1 Å². The van der Waals surface area contributed by atoms with Gasteiger partial charge in [0.1, 0.15) is 29.5 Å². The van der Waals surface area contributed by atoms with E-state index in [2.05, 4.69) is 16.0 Å². The van der Waals surface area contributed by atoms with Gasteiger partial charge in [0.2, 0.25) is 11.8 Å². The number of ether oxygens (including phenoxy) is 1. The summed E-state index contributed by atoms with van der Waals surface area (Å²) in [6.45, 7) is 6.32. The zero-order chi connectivity index (χ0) is 29.3. The van der Waals surface area contributed by atoms with E-state index in [4.69, 9.17) is 4.74 Å². The molecule has 2 aromatic rings. The highest BCUT2D eigenvalue weighted by Crippen LogP contribution is 2.14. The summed E-state index contributed by atoms with van der Waals surface area (Å²) in [7, 11) is 0. The van der Waals surface area contributed by atoms with E-state index in [0.717, 1.165) is 0 Å². The number of hydrogen-bond donors (Lipinski definition) is 5. The molecular formula is C26H32N4O9. The van der Waals surface area contributed by atoms with E-state index in [9.17, 15) is 39.5 Å². The minimum atomic E-state index is -1.37. The molecule has 0 saturated carbocycles. The van der Waals surface area contributed by atoms with Gasteiger partial charge in [-0.3, -0.25) is 19.7 Å². The summed E-state index contributed by atoms with van der Waals surface area (Å²) in [4.78, 5) is 60.1. The number of phenolic OH excluding ortho intramolecular Hbond substituents is 1. The smallest absolute Gasteiger partial charge is 0.408 e. The molecule has 39 heavy (non-hydrogen) atoms. The molecule has 0 bridgehead atoms. The van der Waals surface area contributed by atoms with Gasteiger partial charge in [-0.1, -0.05) is 24.3 Å². The van der Waals surface area contributed by atoms with Gasteiger partial charge in [-0.05, 0) is 51.0 Å². The number of carbonyl (C=O) groups excluding carboxylic acids is 3. The molecule has 0 heterocycles. The van der Waals surface area contributed by atoms with Gasteiger partial charge in [0.05, 0.1) is 4.92 Å². The summed E-state index contributed by atoms with van der Waals surface area (Å²) in [5, 5.41) is 37.2. The number of non-ortho nitro benzene ring substituents is 1. The number of aromatic hydroxyl groups is 1. The average molecular weight is 545 g/mol. The quantitative estimate of drug-likeness (QED) is 0.208. The van der Waals surface area contributed by atoms with Crippen molar-refractivity contribution in [3.05, 3.63) is 69.8 Å². The third-order valence-electron chi connectivity index (χ3n) is 5.34. The van der Waals surface area contributed by atoms with Gasteiger partial charge in [-0.15, -0.1) is 0 Å². The maximum Gasteiger partial charge on any atom is 0.408 e. The number of nitrogens with one attached hydrogen (secondary N) is 3. The van der Waals surface area contributed by atoms with E-state index >= 15 is 0 Å². The standard InChI is InChI=1S/C26H32N4O9/c1-15(22(32)28-21(24(34)35)14-16-5-9-18(10-6-16)30(37)38)27-23(33)20(29-25(36)39-26(2,3)4)13-17-7-11-19(31)12-8-17/h5-12,15,20-21,31H,13-14H2,1-4H3,(H,27,33)(H,28,32)(H,29,36)(H,34,35)/t15-,20+,21+/m1/s1. The lowest BCUT2D eigenvalue weighted by Gasteiger charge is -2.25. The highest BCUT2D eigenvalue weighted by atomic mass is 16.6. The largest absolute Gasteiger partial charge is 0.508 e. The molecule has 0 radical (unpaired) electrons. The SMILES string of the molecule is C[C@@H](NC(=O)[C@H](Cc1ccc(O)cc1)NC(=O)OC(C)(C)C)C(=O)N[C@@H](Cc1ccc([N+](=O)[O-])cc1)C(=O)O. The first kappa shape index (κ1) is 30.5. The Morgan fingerprint density at radius 1 is 0.872 bits per heavy atom. The Kier molecular flexibility index (Phi) is 10.3. The van der Waals surface area contributed by atoms with Crippen LogP contribution in [0.4, 0.5) is 10.5 Å². The number of nitrogens with zero attached hydrogens (tertiary/aromatic N) is 1. The minimum Gasteiger partial charge on any atom is -0.508 e. The highest BCUT2D eigenvalue weighted by Gasteiger charge is 2.29. The number of rotatable bonds is 11. The average Bonchev–Trinajstić information content (AvgIpc) is 2.83. The third-order valence-corrected chi connectivity index (χ3v) is 5.34. The summed E-state index contributed by atoms with van der Waals surface area (Å²) < 4.78 is 5.23. The first-order valence-electron chi connectivity index (χ1n) is 12.0. The van der Waals surface area contributed by atoms with Crippen LogP contribution in [0.25, 0.3) is 0 Å². The molecule has 0 aliphatic heterocycles. The molecule has 0 spiro atoms. The van der Waals surface area contributed by atoms with E-state index in [-0.39, 0.29) is 24.3 Å². The molecule has 13 heteroatoms. The lowest BCUT2D eigenvalue weighted by Crippen LogP contribution is -2.55. The summed E-state index contributed by atoms with van der Waals surface area (Å²) >= 11 is 0.